The van der Waals surface area contributed by atoms with Gasteiger partial charge in [-0.15, -0.1) is 0 Å². The summed E-state index contributed by atoms with van der Waals surface area (Å²) in [5, 5.41) is 14.7. The van der Waals surface area contributed by atoms with Gasteiger partial charge in [-0.3, -0.25) is 4.79 Å². The number of ether oxygens (including phenoxy) is 1. The van der Waals surface area contributed by atoms with Crippen LogP contribution in [-0.4, -0.2) is 47.8 Å². The number of nitrogens with zero attached hydrogens (tertiary/aromatic N) is 2. The first-order chi connectivity index (χ1) is 16.4. The summed E-state index contributed by atoms with van der Waals surface area (Å²) >= 11 is 5.90. The zero-order chi connectivity index (χ0) is 24.5. The molecule has 1 amide bonds. The number of aliphatic carboxylic acids is 1. The summed E-state index contributed by atoms with van der Waals surface area (Å²) in [7, 11) is 0. The first kappa shape index (κ1) is 25.4. The van der Waals surface area contributed by atoms with Crippen LogP contribution in [0.2, 0.25) is 5.02 Å². The van der Waals surface area contributed by atoms with Crippen LogP contribution in [0.4, 0.5) is 15.9 Å². The van der Waals surface area contributed by atoms with E-state index in [4.69, 9.17) is 22.9 Å². The second-order valence-electron chi connectivity index (χ2n) is 7.96. The highest BCUT2D eigenvalue weighted by molar-refractivity contribution is 6.34. The fraction of sp³-hybridized carbons (Fsp3) is 0.417. The van der Waals surface area contributed by atoms with Gasteiger partial charge in [0.1, 0.15) is 17.7 Å². The molecule has 3 N–H and O–H groups in total. The molecule has 1 aromatic carbocycles. The Hall–Kier alpha value is -3.22. The average Bonchev–Trinajstić information content (AvgIpc) is 2.81. The minimum absolute atomic E-state index is 0.0124. The Balaban J connectivity index is 1.39. The molecule has 1 aliphatic rings. The van der Waals surface area contributed by atoms with Crippen molar-refractivity contribution in [2.45, 2.75) is 44.6 Å². The van der Waals surface area contributed by atoms with Crippen LogP contribution in [0.3, 0.4) is 0 Å². The summed E-state index contributed by atoms with van der Waals surface area (Å²) in [6.07, 6.45) is 4.67. The van der Waals surface area contributed by atoms with Crippen LogP contribution in [0, 0.1) is 12.4 Å². The second kappa shape index (κ2) is 12.3. The summed E-state index contributed by atoms with van der Waals surface area (Å²) in [6.45, 7) is 8.41. The number of aromatic nitrogens is 1. The van der Waals surface area contributed by atoms with E-state index >= 15 is 0 Å². The molecule has 10 heteroatoms. The van der Waals surface area contributed by atoms with E-state index in [9.17, 15) is 19.1 Å². The van der Waals surface area contributed by atoms with E-state index in [1.807, 2.05) is 0 Å². The molecular weight excluding hydrogens is 463 g/mol. The van der Waals surface area contributed by atoms with Crippen LogP contribution in [0.25, 0.3) is 4.85 Å². The first-order valence-electron chi connectivity index (χ1n) is 11.1. The van der Waals surface area contributed by atoms with Gasteiger partial charge in [0.05, 0.1) is 12.1 Å². The number of carboxylic acid groups (broad SMARTS) is 1. The molecule has 0 saturated heterocycles. The highest BCUT2D eigenvalue weighted by Crippen LogP contribution is 2.26. The third kappa shape index (κ3) is 6.89. The molecule has 0 bridgehead atoms. The molecule has 0 saturated carbocycles. The van der Waals surface area contributed by atoms with E-state index in [0.717, 1.165) is 62.3 Å². The molecule has 0 fully saturated rings. The van der Waals surface area contributed by atoms with Crippen molar-refractivity contribution in [3.05, 3.63) is 63.3 Å². The fourth-order valence-electron chi connectivity index (χ4n) is 3.65. The van der Waals surface area contributed by atoms with Crippen LogP contribution in [-0.2, 0) is 22.4 Å². The molecule has 0 unspecified atom stereocenters. The number of unbranched alkanes of at least 4 members (excludes halogenated alkanes) is 1. The summed E-state index contributed by atoms with van der Waals surface area (Å²) < 4.78 is 19.7. The number of carbonyl (C=O) groups is 2. The largest absolute Gasteiger partial charge is 0.480 e. The topological polar surface area (TPSA) is 105 Å². The Labute approximate surface area is 202 Å². The van der Waals surface area contributed by atoms with Gasteiger partial charge in [-0.05, 0) is 55.9 Å². The highest BCUT2D eigenvalue weighted by atomic mass is 35.5. The fourth-order valence-corrected chi connectivity index (χ4v) is 3.94. The number of rotatable bonds is 11. The lowest BCUT2D eigenvalue weighted by molar-refractivity contribution is -0.139. The quantitative estimate of drug-likeness (QED) is 0.320. The second-order valence-corrected chi connectivity index (χ2v) is 8.37. The van der Waals surface area contributed by atoms with Crippen LogP contribution in [0.5, 0.6) is 0 Å². The molecule has 0 radical (unpaired) electrons. The average molecular weight is 489 g/mol. The molecule has 34 heavy (non-hydrogen) atoms. The lowest BCUT2D eigenvalue weighted by Gasteiger charge is -2.17. The molecule has 2 aromatic rings. The predicted octanol–water partition coefficient (Wildman–Crippen LogP) is 4.40. The lowest BCUT2D eigenvalue weighted by Crippen LogP contribution is -2.42. The Bertz CT molecular complexity index is 1070. The third-order valence-electron chi connectivity index (χ3n) is 5.46. The number of benzene rings is 1. The SMILES string of the molecule is [C-]#[N+]c1cc(F)c(C(=O)N[C@H](CCOCCCCc2ccc3c(n2)NCCC3)C(=O)O)c(Cl)c1. The Morgan fingerprint density at radius 1 is 1.32 bits per heavy atom. The van der Waals surface area contributed by atoms with Crippen molar-refractivity contribution in [1.29, 1.82) is 0 Å². The normalized spacial score (nSPS) is 13.3. The van der Waals surface area contributed by atoms with Crippen LogP contribution in [0.15, 0.2) is 24.3 Å². The molecular formula is C24H26ClFN4O4. The number of pyridine rings is 1. The van der Waals surface area contributed by atoms with Crippen LogP contribution < -0.4 is 10.6 Å². The molecule has 3 rings (SSSR count). The van der Waals surface area contributed by atoms with Crippen molar-refractivity contribution >= 4 is 35.0 Å². The summed E-state index contributed by atoms with van der Waals surface area (Å²) in [5.41, 5.74) is 1.73. The van der Waals surface area contributed by atoms with Gasteiger partial charge < -0.3 is 20.5 Å². The number of fused-ring (bicyclic) bond motifs is 1. The van der Waals surface area contributed by atoms with Gasteiger partial charge in [0, 0.05) is 36.9 Å². The van der Waals surface area contributed by atoms with Gasteiger partial charge in [0.2, 0.25) is 0 Å². The third-order valence-corrected chi connectivity index (χ3v) is 5.76. The standard InChI is InChI=1S/C24H26ClFN4O4/c1-27-17-13-18(25)21(19(26)14-17)23(31)30-20(24(32)33)9-12-34-11-3-2-6-16-8-7-15-5-4-10-28-22(15)29-16/h7-8,13-14,20H,2-6,9-12H2,(H,28,29)(H,30,31)(H,32,33)/t20-/m1/s1. The van der Waals surface area contributed by atoms with E-state index in [2.05, 4.69) is 32.6 Å². The molecule has 1 aliphatic heterocycles. The number of hydrogen-bond donors (Lipinski definition) is 3. The van der Waals surface area contributed by atoms with E-state index in [1.165, 1.54) is 5.56 Å². The molecule has 1 aromatic heterocycles. The molecule has 2 heterocycles. The first-order valence-corrected chi connectivity index (χ1v) is 11.5. The van der Waals surface area contributed by atoms with Crippen molar-refractivity contribution < 1.29 is 23.8 Å². The zero-order valence-corrected chi connectivity index (χ0v) is 19.3. The predicted molar refractivity (Wildman–Crippen MR) is 126 cm³/mol. The van der Waals surface area contributed by atoms with Crippen molar-refractivity contribution in [2.75, 3.05) is 25.1 Å². The molecule has 8 nitrogen and oxygen atoms in total. The van der Waals surface area contributed by atoms with Gasteiger partial charge in [-0.1, -0.05) is 17.7 Å². The Morgan fingerprint density at radius 3 is 2.88 bits per heavy atom. The number of hydrogen-bond acceptors (Lipinski definition) is 5. The number of carboxylic acids is 1. The number of anilines is 1. The van der Waals surface area contributed by atoms with Crippen molar-refractivity contribution in [3.63, 3.8) is 0 Å². The van der Waals surface area contributed by atoms with Crippen LogP contribution in [0.1, 0.15) is 47.3 Å². The summed E-state index contributed by atoms with van der Waals surface area (Å²) in [6, 6.07) is 4.94. The molecule has 1 atom stereocenters. The minimum atomic E-state index is -1.27. The van der Waals surface area contributed by atoms with E-state index in [-0.39, 0.29) is 23.7 Å². The van der Waals surface area contributed by atoms with Crippen molar-refractivity contribution in [2.24, 2.45) is 0 Å². The molecule has 0 spiro atoms. The van der Waals surface area contributed by atoms with E-state index in [0.29, 0.717) is 6.61 Å². The van der Waals surface area contributed by atoms with E-state index < -0.39 is 29.3 Å². The summed E-state index contributed by atoms with van der Waals surface area (Å²) in [5.74, 6) is -2.23. The molecule has 0 aliphatic carbocycles. The zero-order valence-electron chi connectivity index (χ0n) is 18.6. The van der Waals surface area contributed by atoms with Crippen molar-refractivity contribution in [3.8, 4) is 0 Å². The van der Waals surface area contributed by atoms with Gasteiger partial charge >= 0.3 is 5.97 Å². The number of aryl methyl sites for hydroxylation is 2. The Kier molecular flexibility index (Phi) is 9.19. The van der Waals surface area contributed by atoms with Crippen LogP contribution >= 0.6 is 11.6 Å². The van der Waals surface area contributed by atoms with E-state index in [1.54, 1.807) is 0 Å². The number of carbonyl (C=O) groups excluding carboxylic acids is 1. The maximum Gasteiger partial charge on any atom is 0.326 e. The van der Waals surface area contributed by atoms with Gasteiger partial charge in [-0.25, -0.2) is 19.0 Å². The maximum absolute atomic E-state index is 14.2. The lowest BCUT2D eigenvalue weighted by atomic mass is 10.1. The smallest absolute Gasteiger partial charge is 0.326 e. The van der Waals surface area contributed by atoms with Crippen molar-refractivity contribution in [1.82, 2.24) is 10.3 Å². The minimum Gasteiger partial charge on any atom is -0.480 e. The highest BCUT2D eigenvalue weighted by Gasteiger charge is 2.24. The van der Waals surface area contributed by atoms with Gasteiger partial charge in [-0.2, -0.15) is 0 Å². The Morgan fingerprint density at radius 2 is 2.15 bits per heavy atom. The molecule has 180 valence electrons. The monoisotopic (exact) mass is 488 g/mol. The number of halogens is 2. The number of nitrogens with one attached hydrogen (secondary N) is 2. The summed E-state index contributed by atoms with van der Waals surface area (Å²) in [4.78, 5) is 31.6. The maximum atomic E-state index is 14.2. The number of amides is 1. The van der Waals surface area contributed by atoms with Gasteiger partial charge in [0.25, 0.3) is 5.91 Å². The van der Waals surface area contributed by atoms with Gasteiger partial charge in [0.15, 0.2) is 5.69 Å².